The summed E-state index contributed by atoms with van der Waals surface area (Å²) in [6.07, 6.45) is 1.78. The lowest BCUT2D eigenvalue weighted by molar-refractivity contribution is 0.318. The summed E-state index contributed by atoms with van der Waals surface area (Å²) in [6.45, 7) is 0. The molecule has 19 heavy (non-hydrogen) atoms. The van der Waals surface area contributed by atoms with Crippen LogP contribution >= 0.6 is 27.7 Å². The van der Waals surface area contributed by atoms with E-state index in [9.17, 15) is 0 Å². The number of halogens is 1. The highest BCUT2D eigenvalue weighted by atomic mass is 79.9. The second-order valence-electron chi connectivity index (χ2n) is 3.79. The zero-order valence-corrected chi connectivity index (χ0v) is 12.4. The van der Waals surface area contributed by atoms with Crippen molar-refractivity contribution in [1.29, 1.82) is 0 Å². The first-order valence-corrected chi connectivity index (χ1v) is 7.28. The molecule has 6 heteroatoms. The zero-order chi connectivity index (χ0) is 13.7. The fourth-order valence-electron chi connectivity index (χ4n) is 1.43. The molecule has 1 aromatic carbocycles. The van der Waals surface area contributed by atoms with E-state index in [0.29, 0.717) is 5.56 Å². The van der Waals surface area contributed by atoms with Crippen LogP contribution in [0.5, 0.6) is 0 Å². The molecule has 0 aliphatic rings. The van der Waals surface area contributed by atoms with Crippen molar-refractivity contribution in [1.82, 2.24) is 4.98 Å². The van der Waals surface area contributed by atoms with Crippen molar-refractivity contribution >= 4 is 33.5 Å². The van der Waals surface area contributed by atoms with Crippen molar-refractivity contribution < 1.29 is 5.21 Å². The zero-order valence-electron chi connectivity index (χ0n) is 9.95. The lowest BCUT2D eigenvalue weighted by Crippen LogP contribution is -2.12. The van der Waals surface area contributed by atoms with Crippen molar-refractivity contribution in [3.05, 3.63) is 58.2 Å². The molecule has 0 bridgehead atoms. The lowest BCUT2D eigenvalue weighted by atomic mass is 10.1. The van der Waals surface area contributed by atoms with Gasteiger partial charge in [0.2, 0.25) is 0 Å². The number of nitrogens with two attached hydrogens (primary N) is 1. The van der Waals surface area contributed by atoms with E-state index in [0.717, 1.165) is 20.8 Å². The van der Waals surface area contributed by atoms with Crippen LogP contribution in [0.15, 0.2) is 57.2 Å². The van der Waals surface area contributed by atoms with Gasteiger partial charge in [0, 0.05) is 22.0 Å². The quantitative estimate of drug-likeness (QED) is 0.295. The third-order valence-corrected chi connectivity index (χ3v) is 3.93. The van der Waals surface area contributed by atoms with E-state index in [1.54, 1.807) is 18.0 Å². The van der Waals surface area contributed by atoms with Gasteiger partial charge in [0.15, 0.2) is 5.84 Å². The van der Waals surface area contributed by atoms with Gasteiger partial charge < -0.3 is 10.9 Å². The highest BCUT2D eigenvalue weighted by Crippen LogP contribution is 2.22. The molecule has 0 saturated heterocycles. The Labute approximate surface area is 123 Å². The second-order valence-corrected chi connectivity index (χ2v) is 5.70. The van der Waals surface area contributed by atoms with E-state index in [2.05, 4.69) is 26.1 Å². The summed E-state index contributed by atoms with van der Waals surface area (Å²) in [4.78, 5) is 4.30. The number of thioether (sulfide) groups is 1. The number of benzene rings is 1. The molecule has 0 atom stereocenters. The molecule has 3 N–H and O–H groups in total. The summed E-state index contributed by atoms with van der Waals surface area (Å²) >= 11 is 5.01. The highest BCUT2D eigenvalue weighted by molar-refractivity contribution is 9.10. The maximum absolute atomic E-state index is 8.58. The van der Waals surface area contributed by atoms with Crippen LogP contribution in [0, 0.1) is 0 Å². The first-order valence-electron chi connectivity index (χ1n) is 5.50. The molecule has 0 amide bonds. The van der Waals surface area contributed by atoms with Gasteiger partial charge in [-0.2, -0.15) is 0 Å². The number of pyridine rings is 1. The Kier molecular flexibility index (Phi) is 4.81. The van der Waals surface area contributed by atoms with Crippen LogP contribution in [-0.4, -0.2) is 16.0 Å². The maximum Gasteiger partial charge on any atom is 0.170 e. The molecule has 1 heterocycles. The third kappa shape index (κ3) is 3.97. The van der Waals surface area contributed by atoms with E-state index in [-0.39, 0.29) is 5.84 Å². The number of amidine groups is 1. The van der Waals surface area contributed by atoms with Gasteiger partial charge in [0.1, 0.15) is 0 Å². The molecular formula is C13H12BrN3OS. The van der Waals surface area contributed by atoms with E-state index in [1.807, 2.05) is 36.4 Å². The Morgan fingerprint density at radius 2 is 2.00 bits per heavy atom. The van der Waals surface area contributed by atoms with Gasteiger partial charge in [0.05, 0.1) is 5.03 Å². The van der Waals surface area contributed by atoms with Crippen LogP contribution < -0.4 is 5.73 Å². The molecule has 98 valence electrons. The molecule has 0 fully saturated rings. The summed E-state index contributed by atoms with van der Waals surface area (Å²) in [5, 5.41) is 12.5. The lowest BCUT2D eigenvalue weighted by Gasteiger charge is -2.03. The smallest absolute Gasteiger partial charge is 0.170 e. The molecule has 1 aromatic heterocycles. The minimum atomic E-state index is 0.119. The fourth-order valence-corrected chi connectivity index (χ4v) is 2.47. The summed E-state index contributed by atoms with van der Waals surface area (Å²) < 4.78 is 0.972. The summed E-state index contributed by atoms with van der Waals surface area (Å²) in [5.74, 6) is 0.944. The molecule has 0 saturated carbocycles. The van der Waals surface area contributed by atoms with Crippen LogP contribution in [0.1, 0.15) is 11.1 Å². The molecule has 2 aromatic rings. The van der Waals surface area contributed by atoms with Crippen LogP contribution in [0.25, 0.3) is 0 Å². The predicted octanol–water partition coefficient (Wildman–Crippen LogP) is 3.23. The Morgan fingerprint density at radius 3 is 2.58 bits per heavy atom. The molecule has 4 nitrogen and oxygen atoms in total. The highest BCUT2D eigenvalue weighted by Gasteiger charge is 2.01. The van der Waals surface area contributed by atoms with Crippen LogP contribution in [0.3, 0.4) is 0 Å². The number of aromatic nitrogens is 1. The third-order valence-electron chi connectivity index (χ3n) is 2.44. The molecule has 0 aliphatic heterocycles. The molecule has 0 spiro atoms. The SMILES string of the molecule is NC(=NO)c1ccc(CSc2ccc(Br)cn2)cc1. The van der Waals surface area contributed by atoms with Crippen molar-refractivity contribution in [2.24, 2.45) is 10.9 Å². The number of oxime groups is 1. The average Bonchev–Trinajstić information content (AvgIpc) is 2.46. The molecule has 0 radical (unpaired) electrons. The van der Waals surface area contributed by atoms with Gasteiger partial charge in [0.25, 0.3) is 0 Å². The Bertz CT molecular complexity index is 569. The molecular weight excluding hydrogens is 326 g/mol. The maximum atomic E-state index is 8.58. The monoisotopic (exact) mass is 337 g/mol. The summed E-state index contributed by atoms with van der Waals surface area (Å²) in [7, 11) is 0. The van der Waals surface area contributed by atoms with Gasteiger partial charge in [-0.3, -0.25) is 0 Å². The van der Waals surface area contributed by atoms with Crippen molar-refractivity contribution in [2.45, 2.75) is 10.8 Å². The average molecular weight is 338 g/mol. The molecule has 2 rings (SSSR count). The van der Waals surface area contributed by atoms with Gasteiger partial charge in [-0.25, -0.2) is 4.98 Å². The number of hydrogen-bond donors (Lipinski definition) is 2. The Morgan fingerprint density at radius 1 is 1.26 bits per heavy atom. The van der Waals surface area contributed by atoms with E-state index in [1.165, 1.54) is 0 Å². The number of hydrogen-bond acceptors (Lipinski definition) is 4. The van der Waals surface area contributed by atoms with Gasteiger partial charge in [-0.15, -0.1) is 11.8 Å². The first-order chi connectivity index (χ1) is 9.19. The minimum absolute atomic E-state index is 0.119. The second kappa shape index (κ2) is 6.58. The number of rotatable bonds is 4. The van der Waals surface area contributed by atoms with Crippen LogP contribution in [0.4, 0.5) is 0 Å². The fraction of sp³-hybridized carbons (Fsp3) is 0.0769. The van der Waals surface area contributed by atoms with Crippen molar-refractivity contribution in [3.63, 3.8) is 0 Å². The van der Waals surface area contributed by atoms with E-state index < -0.39 is 0 Å². The van der Waals surface area contributed by atoms with Gasteiger partial charge >= 0.3 is 0 Å². The minimum Gasteiger partial charge on any atom is -0.409 e. The van der Waals surface area contributed by atoms with Crippen molar-refractivity contribution in [2.75, 3.05) is 0 Å². The summed E-state index contributed by atoms with van der Waals surface area (Å²) in [5.41, 5.74) is 7.37. The largest absolute Gasteiger partial charge is 0.409 e. The standard InChI is InChI=1S/C13H12BrN3OS/c14-11-5-6-12(16-7-11)19-8-9-1-3-10(4-2-9)13(15)17-18/h1-7,18H,8H2,(H2,15,17). The normalized spacial score (nSPS) is 11.5. The molecule has 0 aliphatic carbocycles. The van der Waals surface area contributed by atoms with Crippen LogP contribution in [0.2, 0.25) is 0 Å². The van der Waals surface area contributed by atoms with Crippen molar-refractivity contribution in [3.8, 4) is 0 Å². The topological polar surface area (TPSA) is 71.5 Å². The van der Waals surface area contributed by atoms with E-state index in [4.69, 9.17) is 10.9 Å². The molecule has 0 unspecified atom stereocenters. The summed E-state index contributed by atoms with van der Waals surface area (Å²) in [6, 6.07) is 11.5. The van der Waals surface area contributed by atoms with E-state index >= 15 is 0 Å². The van der Waals surface area contributed by atoms with Gasteiger partial charge in [-0.05, 0) is 33.6 Å². The van der Waals surface area contributed by atoms with Crippen LogP contribution in [-0.2, 0) is 5.75 Å². The Balaban J connectivity index is 1.98. The van der Waals surface area contributed by atoms with Gasteiger partial charge in [-0.1, -0.05) is 29.4 Å². The Hall–Kier alpha value is -1.53. The predicted molar refractivity (Wildman–Crippen MR) is 80.5 cm³/mol. The first kappa shape index (κ1) is 13.9. The number of nitrogens with zero attached hydrogens (tertiary/aromatic N) is 2.